The van der Waals surface area contributed by atoms with E-state index in [9.17, 15) is 0 Å². The van der Waals surface area contributed by atoms with Gasteiger partial charge in [-0.3, -0.25) is 0 Å². The molecule has 2 heteroatoms. The molecule has 1 N–H and O–H groups in total. The molecule has 0 saturated carbocycles. The lowest BCUT2D eigenvalue weighted by molar-refractivity contribution is 0.0682. The van der Waals surface area contributed by atoms with Crippen molar-refractivity contribution in [1.29, 1.82) is 0 Å². The molecule has 0 aromatic rings. The van der Waals surface area contributed by atoms with Crippen LogP contribution in [0.5, 0.6) is 0 Å². The molecule has 0 aromatic carbocycles. The number of piperidine rings is 1. The van der Waals surface area contributed by atoms with Crippen LogP contribution in [0.3, 0.4) is 0 Å². The maximum absolute atomic E-state index is 3.79. The van der Waals surface area contributed by atoms with Gasteiger partial charge in [-0.25, -0.2) is 0 Å². The van der Waals surface area contributed by atoms with Gasteiger partial charge in [0, 0.05) is 17.1 Å². The number of nitrogens with one attached hydrogen (secondary N) is 1. The molecule has 17 heavy (non-hydrogen) atoms. The van der Waals surface area contributed by atoms with Crippen molar-refractivity contribution in [2.24, 2.45) is 0 Å². The van der Waals surface area contributed by atoms with E-state index in [4.69, 9.17) is 0 Å². The number of hydrogen-bond donors (Lipinski definition) is 1. The fourth-order valence-electron chi connectivity index (χ4n) is 3.99. The first kappa shape index (κ1) is 13.4. The molecule has 0 bridgehead atoms. The molecule has 0 aliphatic carbocycles. The predicted molar refractivity (Wildman–Crippen MR) is 74.4 cm³/mol. The highest BCUT2D eigenvalue weighted by Crippen LogP contribution is 2.32. The first-order valence-corrected chi connectivity index (χ1v) is 7.41. The summed E-state index contributed by atoms with van der Waals surface area (Å²) in [6.45, 7) is 12.1. The Labute approximate surface area is 107 Å². The molecular formula is C15H30N2. The molecule has 2 heterocycles. The third-order valence-corrected chi connectivity index (χ3v) is 4.33. The topological polar surface area (TPSA) is 15.3 Å². The van der Waals surface area contributed by atoms with Gasteiger partial charge in [-0.05, 0) is 66.5 Å². The Balaban J connectivity index is 2.03. The van der Waals surface area contributed by atoms with Crippen LogP contribution in [-0.4, -0.2) is 35.1 Å². The molecule has 0 atom stereocenters. The van der Waals surface area contributed by atoms with E-state index in [1.807, 2.05) is 0 Å². The largest absolute Gasteiger partial charge is 0.307 e. The highest BCUT2D eigenvalue weighted by molar-refractivity contribution is 5.00. The van der Waals surface area contributed by atoms with E-state index in [1.54, 1.807) is 0 Å². The van der Waals surface area contributed by atoms with Gasteiger partial charge in [-0.2, -0.15) is 0 Å². The summed E-state index contributed by atoms with van der Waals surface area (Å²) in [5.41, 5.74) is 0.581. The Kier molecular flexibility index (Phi) is 3.84. The molecule has 0 amide bonds. The second-order valence-electron chi connectivity index (χ2n) is 7.41. The summed E-state index contributed by atoms with van der Waals surface area (Å²) in [6, 6.07) is 0.791. The molecule has 2 aliphatic heterocycles. The fourth-order valence-corrected chi connectivity index (χ4v) is 3.99. The third-order valence-electron chi connectivity index (χ3n) is 4.33. The molecule has 0 aromatic heterocycles. The van der Waals surface area contributed by atoms with Gasteiger partial charge in [0.2, 0.25) is 0 Å². The van der Waals surface area contributed by atoms with Crippen LogP contribution in [0.15, 0.2) is 0 Å². The summed E-state index contributed by atoms with van der Waals surface area (Å²) in [5, 5.41) is 3.79. The van der Waals surface area contributed by atoms with Crippen LogP contribution in [0.2, 0.25) is 0 Å². The Morgan fingerprint density at radius 3 is 1.76 bits per heavy atom. The van der Waals surface area contributed by atoms with E-state index in [0.717, 1.165) is 6.04 Å². The molecule has 2 nitrogen and oxygen atoms in total. The smallest absolute Gasteiger partial charge is 0.0145 e. The lowest BCUT2D eigenvalue weighted by atomic mass is 9.79. The molecule has 2 fully saturated rings. The van der Waals surface area contributed by atoms with E-state index in [0.29, 0.717) is 11.1 Å². The van der Waals surface area contributed by atoms with Gasteiger partial charge in [0.15, 0.2) is 0 Å². The Morgan fingerprint density at radius 1 is 0.824 bits per heavy atom. The summed E-state index contributed by atoms with van der Waals surface area (Å²) in [7, 11) is 0. The van der Waals surface area contributed by atoms with Crippen LogP contribution in [0.4, 0.5) is 0 Å². The maximum Gasteiger partial charge on any atom is 0.0145 e. The van der Waals surface area contributed by atoms with Crippen molar-refractivity contribution in [3.8, 4) is 0 Å². The zero-order chi connectivity index (χ0) is 12.5. The number of hydrogen-bond acceptors (Lipinski definition) is 2. The second kappa shape index (κ2) is 4.89. The van der Waals surface area contributed by atoms with Gasteiger partial charge in [0.25, 0.3) is 0 Å². The van der Waals surface area contributed by atoms with Gasteiger partial charge < -0.3 is 10.2 Å². The van der Waals surface area contributed by atoms with Gasteiger partial charge in [-0.1, -0.05) is 12.8 Å². The van der Waals surface area contributed by atoms with Crippen molar-refractivity contribution < 1.29 is 0 Å². The minimum Gasteiger partial charge on any atom is -0.307 e. The summed E-state index contributed by atoms with van der Waals surface area (Å²) in [5.74, 6) is 0. The zero-order valence-electron chi connectivity index (χ0n) is 12.2. The van der Waals surface area contributed by atoms with Gasteiger partial charge >= 0.3 is 0 Å². The Morgan fingerprint density at radius 2 is 1.29 bits per heavy atom. The normalized spacial score (nSPS) is 31.1. The minimum atomic E-state index is 0.290. The van der Waals surface area contributed by atoms with Crippen LogP contribution in [0.1, 0.15) is 66.2 Å². The number of rotatable bonds is 1. The van der Waals surface area contributed by atoms with E-state index < -0.39 is 0 Å². The number of nitrogens with zero attached hydrogens (tertiary/aromatic N) is 1. The number of likely N-dealkylation sites (tertiary alicyclic amines) is 1. The molecule has 0 unspecified atom stereocenters. The summed E-state index contributed by atoms with van der Waals surface area (Å²) in [4.78, 5) is 2.78. The van der Waals surface area contributed by atoms with Crippen molar-refractivity contribution in [2.45, 2.75) is 83.3 Å². The summed E-state index contributed by atoms with van der Waals surface area (Å²) >= 11 is 0. The van der Waals surface area contributed by atoms with E-state index >= 15 is 0 Å². The maximum atomic E-state index is 3.79. The van der Waals surface area contributed by atoms with E-state index in [-0.39, 0.29) is 0 Å². The molecular weight excluding hydrogens is 208 g/mol. The average molecular weight is 238 g/mol. The zero-order valence-corrected chi connectivity index (χ0v) is 12.2. The van der Waals surface area contributed by atoms with Crippen LogP contribution in [-0.2, 0) is 0 Å². The first-order valence-electron chi connectivity index (χ1n) is 7.41. The van der Waals surface area contributed by atoms with Crippen molar-refractivity contribution in [3.05, 3.63) is 0 Å². The lowest BCUT2D eigenvalue weighted by Gasteiger charge is -2.49. The summed E-state index contributed by atoms with van der Waals surface area (Å²) < 4.78 is 0. The molecule has 2 saturated heterocycles. The van der Waals surface area contributed by atoms with E-state index in [1.165, 1.54) is 51.6 Å². The second-order valence-corrected chi connectivity index (χ2v) is 7.41. The molecule has 2 rings (SSSR count). The van der Waals surface area contributed by atoms with Gasteiger partial charge in [0.1, 0.15) is 0 Å². The minimum absolute atomic E-state index is 0.290. The third kappa shape index (κ3) is 3.69. The monoisotopic (exact) mass is 238 g/mol. The Hall–Kier alpha value is -0.0800. The fraction of sp³-hybridized carbons (Fsp3) is 1.00. The van der Waals surface area contributed by atoms with Crippen molar-refractivity contribution >= 4 is 0 Å². The van der Waals surface area contributed by atoms with Crippen LogP contribution in [0.25, 0.3) is 0 Å². The predicted octanol–water partition coefficient (Wildman–Crippen LogP) is 3.17. The molecule has 2 aliphatic rings. The highest BCUT2D eigenvalue weighted by atomic mass is 15.2. The highest BCUT2D eigenvalue weighted by Gasteiger charge is 2.39. The van der Waals surface area contributed by atoms with Crippen molar-refractivity contribution in [3.63, 3.8) is 0 Å². The molecule has 100 valence electrons. The van der Waals surface area contributed by atoms with Crippen LogP contribution >= 0.6 is 0 Å². The first-order chi connectivity index (χ1) is 7.88. The average Bonchev–Trinajstić information content (AvgIpc) is 2.40. The van der Waals surface area contributed by atoms with Gasteiger partial charge in [0.05, 0.1) is 0 Å². The van der Waals surface area contributed by atoms with Crippen LogP contribution in [0, 0.1) is 0 Å². The molecule has 0 spiro atoms. The van der Waals surface area contributed by atoms with E-state index in [2.05, 4.69) is 37.9 Å². The SMILES string of the molecule is CC1(C)CC(N2CCCCCC2)CC(C)(C)N1. The summed E-state index contributed by atoms with van der Waals surface area (Å²) in [6.07, 6.45) is 8.30. The quantitative estimate of drug-likeness (QED) is 0.755. The lowest BCUT2D eigenvalue weighted by Crippen LogP contribution is -2.62. The van der Waals surface area contributed by atoms with Gasteiger partial charge in [-0.15, -0.1) is 0 Å². The standard InChI is InChI=1S/C15H30N2/c1-14(2)11-13(12-15(3,4)16-14)17-9-7-5-6-8-10-17/h13,16H,5-12H2,1-4H3. The Bertz CT molecular complexity index is 234. The molecule has 0 radical (unpaired) electrons. The van der Waals surface area contributed by atoms with Crippen molar-refractivity contribution in [2.75, 3.05) is 13.1 Å². The van der Waals surface area contributed by atoms with Crippen LogP contribution < -0.4 is 5.32 Å². The van der Waals surface area contributed by atoms with Crippen molar-refractivity contribution in [1.82, 2.24) is 10.2 Å².